The lowest BCUT2D eigenvalue weighted by Crippen LogP contribution is -1.98. The van der Waals surface area contributed by atoms with Gasteiger partial charge in [0.1, 0.15) is 5.82 Å². The van der Waals surface area contributed by atoms with Crippen LogP contribution in [0, 0.1) is 5.82 Å². The number of benzene rings is 1. The van der Waals surface area contributed by atoms with Gasteiger partial charge in [0, 0.05) is 5.56 Å². The average Bonchev–Trinajstić information content (AvgIpc) is 2.03. The Morgan fingerprint density at radius 1 is 1.31 bits per heavy atom. The van der Waals surface area contributed by atoms with Gasteiger partial charge in [-0.25, -0.2) is 4.39 Å². The Morgan fingerprint density at radius 3 is 2.38 bits per heavy atom. The maximum atomic E-state index is 12.8. The van der Waals surface area contributed by atoms with Crippen LogP contribution >= 0.6 is 0 Å². The fourth-order valence-electron chi connectivity index (χ4n) is 1.18. The van der Waals surface area contributed by atoms with E-state index in [1.54, 1.807) is 13.0 Å². The predicted octanol–water partition coefficient (Wildman–Crippen LogP) is 3.06. The molecule has 0 atom stereocenters. The van der Waals surface area contributed by atoms with Crippen LogP contribution in [0.25, 0.3) is 5.57 Å². The van der Waals surface area contributed by atoms with Crippen molar-refractivity contribution in [3.63, 3.8) is 0 Å². The van der Waals surface area contributed by atoms with Gasteiger partial charge in [-0.05, 0) is 31.5 Å². The van der Waals surface area contributed by atoms with E-state index in [9.17, 15) is 9.18 Å². The highest BCUT2D eigenvalue weighted by atomic mass is 19.1. The molecule has 13 heavy (non-hydrogen) atoms. The molecule has 0 aromatic heterocycles. The largest absolute Gasteiger partial charge is 0.294 e. The van der Waals surface area contributed by atoms with Gasteiger partial charge < -0.3 is 0 Å². The summed E-state index contributed by atoms with van der Waals surface area (Å²) in [4.78, 5) is 11.1. The smallest absolute Gasteiger partial charge is 0.160 e. The first-order valence-electron chi connectivity index (χ1n) is 3.98. The number of hydrogen-bond donors (Lipinski definition) is 0. The molecule has 2 heteroatoms. The number of carbonyl (C=O) groups is 1. The third-order valence-electron chi connectivity index (χ3n) is 1.82. The maximum Gasteiger partial charge on any atom is 0.160 e. The molecule has 0 aliphatic heterocycles. The molecule has 0 heterocycles. The maximum absolute atomic E-state index is 12.8. The Labute approximate surface area is 76.9 Å². The topological polar surface area (TPSA) is 17.1 Å². The summed E-state index contributed by atoms with van der Waals surface area (Å²) in [7, 11) is 0. The van der Waals surface area contributed by atoms with Crippen molar-refractivity contribution in [3.8, 4) is 0 Å². The molecular weight excluding hydrogens is 167 g/mol. The number of Topliss-reactive ketones (excluding diaryl/α,β-unsaturated/α-hetero) is 1. The van der Waals surface area contributed by atoms with Gasteiger partial charge in [0.15, 0.2) is 5.78 Å². The first-order chi connectivity index (χ1) is 6.02. The van der Waals surface area contributed by atoms with E-state index in [4.69, 9.17) is 0 Å². The zero-order valence-corrected chi connectivity index (χ0v) is 7.73. The summed E-state index contributed by atoms with van der Waals surface area (Å²) in [5.74, 6) is -0.535. The van der Waals surface area contributed by atoms with Crippen LogP contribution in [0.5, 0.6) is 0 Å². The first-order valence-corrected chi connectivity index (χ1v) is 3.98. The second-order valence-electron chi connectivity index (χ2n) is 3.03. The molecule has 0 aliphatic carbocycles. The molecule has 0 amide bonds. The van der Waals surface area contributed by atoms with Gasteiger partial charge in [-0.15, -0.1) is 0 Å². The summed E-state index contributed by atoms with van der Waals surface area (Å²) in [6.45, 7) is 6.93. The molecule has 1 aromatic rings. The van der Waals surface area contributed by atoms with Crippen LogP contribution in [0.3, 0.4) is 0 Å². The van der Waals surface area contributed by atoms with E-state index in [1.165, 1.54) is 19.1 Å². The second kappa shape index (κ2) is 3.52. The van der Waals surface area contributed by atoms with E-state index < -0.39 is 5.82 Å². The minimum atomic E-state index is -0.393. The minimum Gasteiger partial charge on any atom is -0.294 e. The third-order valence-corrected chi connectivity index (χ3v) is 1.82. The number of halogens is 1. The molecule has 0 saturated carbocycles. The lowest BCUT2D eigenvalue weighted by molar-refractivity contribution is 0.101. The third kappa shape index (κ3) is 2.02. The van der Waals surface area contributed by atoms with Crippen LogP contribution in [0.4, 0.5) is 4.39 Å². The van der Waals surface area contributed by atoms with Gasteiger partial charge in [0.2, 0.25) is 0 Å². The molecule has 0 N–H and O–H groups in total. The van der Waals surface area contributed by atoms with E-state index in [1.807, 2.05) is 0 Å². The number of allylic oxidation sites excluding steroid dienone is 1. The van der Waals surface area contributed by atoms with Crippen LogP contribution in [0.1, 0.15) is 29.8 Å². The predicted molar refractivity (Wildman–Crippen MR) is 51.1 cm³/mol. The van der Waals surface area contributed by atoms with E-state index in [-0.39, 0.29) is 5.78 Å². The van der Waals surface area contributed by atoms with Crippen molar-refractivity contribution in [1.82, 2.24) is 0 Å². The molecule has 0 aliphatic rings. The molecule has 1 rings (SSSR count). The van der Waals surface area contributed by atoms with Crippen molar-refractivity contribution in [2.75, 3.05) is 0 Å². The van der Waals surface area contributed by atoms with Crippen molar-refractivity contribution in [1.29, 1.82) is 0 Å². The van der Waals surface area contributed by atoms with Crippen LogP contribution in [0.15, 0.2) is 24.8 Å². The molecule has 0 unspecified atom stereocenters. The van der Waals surface area contributed by atoms with Crippen molar-refractivity contribution < 1.29 is 9.18 Å². The fourth-order valence-corrected chi connectivity index (χ4v) is 1.18. The van der Waals surface area contributed by atoms with E-state index >= 15 is 0 Å². The summed E-state index contributed by atoms with van der Waals surface area (Å²) < 4.78 is 12.8. The first kappa shape index (κ1) is 9.65. The van der Waals surface area contributed by atoms with Crippen molar-refractivity contribution >= 4 is 11.4 Å². The Balaban J connectivity index is 3.35. The Morgan fingerprint density at radius 2 is 1.92 bits per heavy atom. The molecule has 0 saturated heterocycles. The molecule has 0 fully saturated rings. The monoisotopic (exact) mass is 178 g/mol. The quantitative estimate of drug-likeness (QED) is 0.636. The molecule has 68 valence electrons. The Hall–Kier alpha value is -1.44. The Bertz CT molecular complexity index is 366. The average molecular weight is 178 g/mol. The lowest BCUT2D eigenvalue weighted by atomic mass is 9.99. The molecular formula is C11H11FO. The van der Waals surface area contributed by atoms with Gasteiger partial charge >= 0.3 is 0 Å². The van der Waals surface area contributed by atoms with Crippen LogP contribution in [-0.4, -0.2) is 5.78 Å². The van der Waals surface area contributed by atoms with Gasteiger partial charge in [-0.3, -0.25) is 4.79 Å². The lowest BCUT2D eigenvalue weighted by Gasteiger charge is -2.05. The molecule has 1 aromatic carbocycles. The zero-order chi connectivity index (χ0) is 10.0. The summed E-state index contributed by atoms with van der Waals surface area (Å²) in [5, 5.41) is 0. The van der Waals surface area contributed by atoms with Gasteiger partial charge in [0.05, 0.1) is 0 Å². The molecule has 0 radical (unpaired) electrons. The van der Waals surface area contributed by atoms with E-state index in [2.05, 4.69) is 6.58 Å². The highest BCUT2D eigenvalue weighted by Crippen LogP contribution is 2.18. The van der Waals surface area contributed by atoms with Crippen molar-refractivity contribution in [2.24, 2.45) is 0 Å². The number of carbonyl (C=O) groups excluding carboxylic acids is 1. The van der Waals surface area contributed by atoms with Gasteiger partial charge in [0.25, 0.3) is 0 Å². The second-order valence-corrected chi connectivity index (χ2v) is 3.03. The fraction of sp³-hybridized carbons (Fsp3) is 0.182. The summed E-state index contributed by atoms with van der Waals surface area (Å²) >= 11 is 0. The van der Waals surface area contributed by atoms with Crippen molar-refractivity contribution in [2.45, 2.75) is 13.8 Å². The normalized spacial score (nSPS) is 9.77. The van der Waals surface area contributed by atoms with E-state index in [0.717, 1.165) is 5.57 Å². The SMILES string of the molecule is C=C(C)c1ccc(F)cc1C(C)=O. The van der Waals surface area contributed by atoms with Crippen LogP contribution in [0.2, 0.25) is 0 Å². The van der Waals surface area contributed by atoms with Crippen LogP contribution in [-0.2, 0) is 0 Å². The number of ketones is 1. The number of hydrogen-bond acceptors (Lipinski definition) is 1. The summed E-state index contributed by atoms with van der Waals surface area (Å²) in [6.07, 6.45) is 0. The summed E-state index contributed by atoms with van der Waals surface area (Å²) in [6, 6.07) is 4.15. The highest BCUT2D eigenvalue weighted by molar-refractivity contribution is 5.98. The van der Waals surface area contributed by atoms with Crippen molar-refractivity contribution in [3.05, 3.63) is 41.7 Å². The Kier molecular flexibility index (Phi) is 2.61. The molecule has 0 bridgehead atoms. The standard InChI is InChI=1S/C11H11FO/c1-7(2)10-5-4-9(12)6-11(10)8(3)13/h4-6H,1H2,2-3H3. The minimum absolute atomic E-state index is 0.141. The zero-order valence-electron chi connectivity index (χ0n) is 7.73. The van der Waals surface area contributed by atoms with E-state index in [0.29, 0.717) is 11.1 Å². The molecule has 0 spiro atoms. The van der Waals surface area contributed by atoms with Gasteiger partial charge in [-0.2, -0.15) is 0 Å². The summed E-state index contributed by atoms with van der Waals surface area (Å²) in [5.41, 5.74) is 1.88. The highest BCUT2D eigenvalue weighted by Gasteiger charge is 2.08. The van der Waals surface area contributed by atoms with Gasteiger partial charge in [-0.1, -0.05) is 18.2 Å². The van der Waals surface area contributed by atoms with Crippen LogP contribution < -0.4 is 0 Å². The number of rotatable bonds is 2. The molecule has 1 nitrogen and oxygen atoms in total.